The number of aliphatic hydroxyl groups excluding tert-OH is 1. The van der Waals surface area contributed by atoms with Gasteiger partial charge in [-0.1, -0.05) is 36.4 Å². The molecule has 3 aromatic rings. The molecule has 20 heavy (non-hydrogen) atoms. The fraction of sp³-hybridized carbons (Fsp3) is 0.118. The standard InChI is InChI=1S/C17H14FNO/c18-15-8-2-1-5-12(15)11-17(20)14-6-3-9-16-13(14)7-4-10-19-16/h1-10,17,20H,11H2. The summed E-state index contributed by atoms with van der Waals surface area (Å²) in [5, 5.41) is 11.3. The molecule has 1 heterocycles. The van der Waals surface area contributed by atoms with Crippen LogP contribution in [0.3, 0.4) is 0 Å². The Morgan fingerprint density at radius 1 is 1.00 bits per heavy atom. The lowest BCUT2D eigenvalue weighted by Gasteiger charge is -2.14. The molecule has 1 unspecified atom stereocenters. The molecule has 0 spiro atoms. The number of benzene rings is 2. The summed E-state index contributed by atoms with van der Waals surface area (Å²) in [6, 6.07) is 15.9. The Kier molecular flexibility index (Phi) is 3.44. The fourth-order valence-corrected chi connectivity index (χ4v) is 2.40. The summed E-state index contributed by atoms with van der Waals surface area (Å²) in [7, 11) is 0. The van der Waals surface area contributed by atoms with Crippen LogP contribution >= 0.6 is 0 Å². The van der Waals surface area contributed by atoms with Crippen molar-refractivity contribution in [2.45, 2.75) is 12.5 Å². The molecule has 2 nitrogen and oxygen atoms in total. The Balaban J connectivity index is 1.97. The minimum atomic E-state index is -0.750. The number of pyridine rings is 1. The van der Waals surface area contributed by atoms with Gasteiger partial charge in [0, 0.05) is 18.0 Å². The van der Waals surface area contributed by atoms with Gasteiger partial charge in [0.1, 0.15) is 5.82 Å². The van der Waals surface area contributed by atoms with Crippen LogP contribution in [0.25, 0.3) is 10.9 Å². The van der Waals surface area contributed by atoms with Crippen LogP contribution in [0.15, 0.2) is 60.8 Å². The molecule has 100 valence electrons. The number of aliphatic hydroxyl groups is 1. The zero-order chi connectivity index (χ0) is 13.9. The molecular formula is C17H14FNO. The number of nitrogens with zero attached hydrogens (tertiary/aromatic N) is 1. The second-order valence-electron chi connectivity index (χ2n) is 4.73. The van der Waals surface area contributed by atoms with E-state index in [0.717, 1.165) is 16.5 Å². The summed E-state index contributed by atoms with van der Waals surface area (Å²) in [6.45, 7) is 0. The van der Waals surface area contributed by atoms with Gasteiger partial charge in [-0.05, 0) is 29.3 Å². The van der Waals surface area contributed by atoms with E-state index in [1.165, 1.54) is 6.07 Å². The highest BCUT2D eigenvalue weighted by atomic mass is 19.1. The van der Waals surface area contributed by atoms with Gasteiger partial charge in [0.05, 0.1) is 11.6 Å². The van der Waals surface area contributed by atoms with Crippen LogP contribution in [-0.4, -0.2) is 10.1 Å². The van der Waals surface area contributed by atoms with Crippen molar-refractivity contribution in [1.82, 2.24) is 4.98 Å². The van der Waals surface area contributed by atoms with E-state index in [1.807, 2.05) is 30.3 Å². The Hall–Kier alpha value is -2.26. The molecule has 0 bridgehead atoms. The van der Waals surface area contributed by atoms with E-state index in [2.05, 4.69) is 4.98 Å². The van der Waals surface area contributed by atoms with E-state index in [-0.39, 0.29) is 12.2 Å². The molecule has 0 saturated carbocycles. The van der Waals surface area contributed by atoms with Crippen LogP contribution < -0.4 is 0 Å². The number of hydrogen-bond donors (Lipinski definition) is 1. The number of hydrogen-bond acceptors (Lipinski definition) is 2. The third-order valence-corrected chi connectivity index (χ3v) is 3.41. The molecule has 1 atom stereocenters. The molecule has 0 amide bonds. The van der Waals surface area contributed by atoms with Crippen molar-refractivity contribution < 1.29 is 9.50 Å². The largest absolute Gasteiger partial charge is 0.388 e. The summed E-state index contributed by atoms with van der Waals surface area (Å²) >= 11 is 0. The van der Waals surface area contributed by atoms with E-state index < -0.39 is 6.10 Å². The van der Waals surface area contributed by atoms with E-state index in [0.29, 0.717) is 5.56 Å². The Labute approximate surface area is 116 Å². The predicted molar refractivity (Wildman–Crippen MR) is 76.8 cm³/mol. The van der Waals surface area contributed by atoms with Crippen LogP contribution in [0.5, 0.6) is 0 Å². The van der Waals surface area contributed by atoms with Crippen LogP contribution in [-0.2, 0) is 6.42 Å². The summed E-state index contributed by atoms with van der Waals surface area (Å²) in [5.74, 6) is -0.287. The molecule has 2 aromatic carbocycles. The van der Waals surface area contributed by atoms with Gasteiger partial charge in [-0.15, -0.1) is 0 Å². The lowest BCUT2D eigenvalue weighted by atomic mass is 9.97. The summed E-state index contributed by atoms with van der Waals surface area (Å²) in [6.07, 6.45) is 1.22. The Bertz CT molecular complexity index is 736. The minimum absolute atomic E-state index is 0.251. The van der Waals surface area contributed by atoms with Crippen molar-refractivity contribution >= 4 is 10.9 Å². The molecular weight excluding hydrogens is 253 g/mol. The average Bonchev–Trinajstić information content (AvgIpc) is 2.49. The normalized spacial score (nSPS) is 12.5. The van der Waals surface area contributed by atoms with Crippen molar-refractivity contribution in [2.24, 2.45) is 0 Å². The highest BCUT2D eigenvalue weighted by Crippen LogP contribution is 2.26. The number of halogens is 1. The van der Waals surface area contributed by atoms with Crippen molar-refractivity contribution in [1.29, 1.82) is 0 Å². The fourth-order valence-electron chi connectivity index (χ4n) is 2.40. The number of rotatable bonds is 3. The Morgan fingerprint density at radius 2 is 1.85 bits per heavy atom. The van der Waals surface area contributed by atoms with Crippen LogP contribution in [0.2, 0.25) is 0 Å². The first kappa shape index (κ1) is 12.8. The SMILES string of the molecule is OC(Cc1ccccc1F)c1cccc2ncccc12. The molecule has 0 aliphatic heterocycles. The Morgan fingerprint density at radius 3 is 2.70 bits per heavy atom. The maximum Gasteiger partial charge on any atom is 0.126 e. The molecule has 0 radical (unpaired) electrons. The monoisotopic (exact) mass is 267 g/mol. The predicted octanol–water partition coefficient (Wildman–Crippen LogP) is 3.65. The second-order valence-corrected chi connectivity index (χ2v) is 4.73. The van der Waals surface area contributed by atoms with Gasteiger partial charge >= 0.3 is 0 Å². The first-order valence-corrected chi connectivity index (χ1v) is 6.51. The third-order valence-electron chi connectivity index (χ3n) is 3.41. The summed E-state index contributed by atoms with van der Waals surface area (Å²) in [4.78, 5) is 4.26. The topological polar surface area (TPSA) is 33.1 Å². The van der Waals surface area contributed by atoms with Crippen molar-refractivity contribution in [3.63, 3.8) is 0 Å². The van der Waals surface area contributed by atoms with Crippen molar-refractivity contribution in [2.75, 3.05) is 0 Å². The molecule has 0 saturated heterocycles. The highest BCUT2D eigenvalue weighted by molar-refractivity contribution is 5.82. The highest BCUT2D eigenvalue weighted by Gasteiger charge is 2.14. The molecule has 3 heteroatoms. The first-order valence-electron chi connectivity index (χ1n) is 6.51. The minimum Gasteiger partial charge on any atom is -0.388 e. The van der Waals surface area contributed by atoms with E-state index in [9.17, 15) is 9.50 Å². The van der Waals surface area contributed by atoms with Gasteiger partial charge in [0.2, 0.25) is 0 Å². The third kappa shape index (κ3) is 2.40. The van der Waals surface area contributed by atoms with Gasteiger partial charge < -0.3 is 5.11 Å². The van der Waals surface area contributed by atoms with E-state index >= 15 is 0 Å². The summed E-state index contributed by atoms with van der Waals surface area (Å²) < 4.78 is 13.7. The number of fused-ring (bicyclic) bond motifs is 1. The van der Waals surface area contributed by atoms with Crippen molar-refractivity contribution in [3.05, 3.63) is 77.7 Å². The van der Waals surface area contributed by atoms with Crippen LogP contribution in [0.4, 0.5) is 4.39 Å². The van der Waals surface area contributed by atoms with Gasteiger partial charge in [-0.2, -0.15) is 0 Å². The maximum absolute atomic E-state index is 13.7. The quantitative estimate of drug-likeness (QED) is 0.785. The van der Waals surface area contributed by atoms with E-state index in [1.54, 1.807) is 24.4 Å². The molecule has 3 rings (SSSR count). The van der Waals surface area contributed by atoms with Gasteiger partial charge in [0.25, 0.3) is 0 Å². The van der Waals surface area contributed by atoms with E-state index in [4.69, 9.17) is 0 Å². The van der Waals surface area contributed by atoms with Crippen LogP contribution in [0, 0.1) is 5.82 Å². The first-order chi connectivity index (χ1) is 9.75. The maximum atomic E-state index is 13.7. The zero-order valence-electron chi connectivity index (χ0n) is 10.8. The lowest BCUT2D eigenvalue weighted by Crippen LogP contribution is -2.04. The molecule has 0 aliphatic carbocycles. The van der Waals surface area contributed by atoms with Gasteiger partial charge in [-0.25, -0.2) is 4.39 Å². The number of aromatic nitrogens is 1. The molecule has 0 fully saturated rings. The molecule has 1 N–H and O–H groups in total. The second kappa shape index (κ2) is 5.39. The van der Waals surface area contributed by atoms with Crippen LogP contribution in [0.1, 0.15) is 17.2 Å². The summed E-state index contributed by atoms with van der Waals surface area (Å²) in [5.41, 5.74) is 2.12. The average molecular weight is 267 g/mol. The van der Waals surface area contributed by atoms with Gasteiger partial charge in [0.15, 0.2) is 0 Å². The molecule has 1 aromatic heterocycles. The smallest absolute Gasteiger partial charge is 0.126 e. The molecule has 0 aliphatic rings. The van der Waals surface area contributed by atoms with Gasteiger partial charge in [-0.3, -0.25) is 4.98 Å². The van der Waals surface area contributed by atoms with Crippen molar-refractivity contribution in [3.8, 4) is 0 Å². The lowest BCUT2D eigenvalue weighted by molar-refractivity contribution is 0.178. The zero-order valence-corrected chi connectivity index (χ0v) is 10.8.